The van der Waals surface area contributed by atoms with Gasteiger partial charge in [-0.05, 0) is 24.1 Å². The molecule has 0 N–H and O–H groups in total. The summed E-state index contributed by atoms with van der Waals surface area (Å²) in [6.07, 6.45) is 1.46. The topological polar surface area (TPSA) is 23.6 Å². The van der Waals surface area contributed by atoms with E-state index < -0.39 is 0 Å². The van der Waals surface area contributed by atoms with Crippen LogP contribution in [0, 0.1) is 5.82 Å². The molecule has 0 atom stereocenters. The first-order chi connectivity index (χ1) is 12.7. The zero-order valence-electron chi connectivity index (χ0n) is 14.9. The minimum absolute atomic E-state index is 0.176. The van der Waals surface area contributed by atoms with Crippen molar-refractivity contribution in [2.75, 3.05) is 31.9 Å². The van der Waals surface area contributed by atoms with Crippen LogP contribution < -0.4 is 0 Å². The number of nitrogens with zero attached hydrogens (tertiary/aromatic N) is 2. The van der Waals surface area contributed by atoms with Crippen molar-refractivity contribution >= 4 is 17.7 Å². The summed E-state index contributed by atoms with van der Waals surface area (Å²) in [5.41, 5.74) is 1.31. The van der Waals surface area contributed by atoms with Crippen LogP contribution in [0.15, 0.2) is 59.5 Å². The molecule has 1 amide bonds. The molecule has 0 spiro atoms. The van der Waals surface area contributed by atoms with Gasteiger partial charge < -0.3 is 4.90 Å². The van der Waals surface area contributed by atoms with Crippen LogP contribution in [0.1, 0.15) is 18.4 Å². The summed E-state index contributed by atoms with van der Waals surface area (Å²) in [6.45, 7) is 4.44. The lowest BCUT2D eigenvalue weighted by Gasteiger charge is -2.22. The number of hydrogen-bond donors (Lipinski definition) is 0. The Labute approximate surface area is 159 Å². The van der Waals surface area contributed by atoms with Crippen LogP contribution in [0.5, 0.6) is 0 Å². The first-order valence-corrected chi connectivity index (χ1v) is 10.1. The molecule has 0 radical (unpaired) electrons. The predicted octanol–water partition coefficient (Wildman–Crippen LogP) is 4.04. The third kappa shape index (κ3) is 5.58. The molecule has 1 fully saturated rings. The summed E-state index contributed by atoms with van der Waals surface area (Å²) in [5.74, 6) is 0.580. The highest BCUT2D eigenvalue weighted by molar-refractivity contribution is 7.99. The monoisotopic (exact) mass is 372 g/mol. The van der Waals surface area contributed by atoms with Gasteiger partial charge in [-0.2, -0.15) is 0 Å². The Morgan fingerprint density at radius 1 is 0.962 bits per heavy atom. The van der Waals surface area contributed by atoms with Crippen LogP contribution >= 0.6 is 11.8 Å². The smallest absolute Gasteiger partial charge is 0.223 e. The number of carbonyl (C=O) groups excluding carboxylic acids is 1. The highest BCUT2D eigenvalue weighted by Gasteiger charge is 2.19. The Balaban J connectivity index is 1.43. The van der Waals surface area contributed by atoms with E-state index in [4.69, 9.17) is 0 Å². The fraction of sp³-hybridized carbons (Fsp3) is 0.381. The molecule has 1 saturated heterocycles. The zero-order valence-corrected chi connectivity index (χ0v) is 15.8. The fourth-order valence-corrected chi connectivity index (χ4v) is 4.07. The number of carbonyl (C=O) groups is 1. The lowest BCUT2D eigenvalue weighted by atomic mass is 10.2. The van der Waals surface area contributed by atoms with Gasteiger partial charge in [-0.15, -0.1) is 11.8 Å². The van der Waals surface area contributed by atoms with E-state index in [2.05, 4.69) is 29.2 Å². The Bertz CT molecular complexity index is 710. The molecular weight excluding hydrogens is 347 g/mol. The van der Waals surface area contributed by atoms with Crippen molar-refractivity contribution < 1.29 is 9.18 Å². The quantitative estimate of drug-likeness (QED) is 0.715. The average Bonchev–Trinajstić information content (AvgIpc) is 2.90. The SMILES string of the molecule is O=C(CCSc1ccccc1F)N1CCCN(Cc2ccccc2)CC1. The molecule has 3 rings (SSSR count). The van der Waals surface area contributed by atoms with Gasteiger partial charge in [-0.25, -0.2) is 4.39 Å². The van der Waals surface area contributed by atoms with Crippen LogP contribution in [0.25, 0.3) is 0 Å². The molecule has 0 aliphatic carbocycles. The van der Waals surface area contributed by atoms with E-state index in [1.54, 1.807) is 12.1 Å². The van der Waals surface area contributed by atoms with Gasteiger partial charge in [-0.3, -0.25) is 9.69 Å². The maximum Gasteiger partial charge on any atom is 0.223 e. The van der Waals surface area contributed by atoms with Gasteiger partial charge in [0.2, 0.25) is 5.91 Å². The van der Waals surface area contributed by atoms with Crippen LogP contribution in [0.4, 0.5) is 4.39 Å². The van der Waals surface area contributed by atoms with E-state index in [1.165, 1.54) is 23.4 Å². The van der Waals surface area contributed by atoms with Crippen molar-refractivity contribution in [3.63, 3.8) is 0 Å². The summed E-state index contributed by atoms with van der Waals surface area (Å²) in [5, 5.41) is 0. The zero-order chi connectivity index (χ0) is 18.2. The molecule has 2 aromatic rings. The molecule has 1 aliphatic rings. The van der Waals surface area contributed by atoms with E-state index in [-0.39, 0.29) is 11.7 Å². The Morgan fingerprint density at radius 3 is 2.54 bits per heavy atom. The van der Waals surface area contributed by atoms with Crippen molar-refractivity contribution in [1.29, 1.82) is 0 Å². The van der Waals surface area contributed by atoms with Crippen LogP contribution in [0.2, 0.25) is 0 Å². The van der Waals surface area contributed by atoms with Gasteiger partial charge >= 0.3 is 0 Å². The fourth-order valence-electron chi connectivity index (χ4n) is 3.19. The second-order valence-corrected chi connectivity index (χ2v) is 7.66. The van der Waals surface area contributed by atoms with E-state index in [0.29, 0.717) is 17.1 Å². The third-order valence-corrected chi connectivity index (χ3v) is 5.65. The summed E-state index contributed by atoms with van der Waals surface area (Å²) in [7, 11) is 0. The molecule has 2 aromatic carbocycles. The molecule has 138 valence electrons. The molecule has 1 heterocycles. The standard InChI is InChI=1S/C21H25FN2OS/c22-19-9-4-5-10-20(19)26-16-11-21(25)24-13-6-12-23(14-15-24)17-18-7-2-1-3-8-18/h1-5,7-10H,6,11-17H2. The number of rotatable bonds is 6. The molecule has 5 heteroatoms. The van der Waals surface area contributed by atoms with Crippen molar-refractivity contribution in [3.05, 3.63) is 66.0 Å². The molecule has 1 aliphatic heterocycles. The number of thioether (sulfide) groups is 1. The molecule has 0 aromatic heterocycles. The number of benzene rings is 2. The summed E-state index contributed by atoms with van der Waals surface area (Å²) in [4.78, 5) is 17.5. The molecule has 0 saturated carbocycles. The normalized spacial score (nSPS) is 15.7. The molecular formula is C21H25FN2OS. The van der Waals surface area contributed by atoms with Gasteiger partial charge in [0.15, 0.2) is 0 Å². The number of hydrogen-bond acceptors (Lipinski definition) is 3. The highest BCUT2D eigenvalue weighted by atomic mass is 32.2. The minimum atomic E-state index is -0.212. The maximum absolute atomic E-state index is 13.6. The van der Waals surface area contributed by atoms with Gasteiger partial charge in [0.05, 0.1) is 0 Å². The number of halogens is 1. The average molecular weight is 373 g/mol. The van der Waals surface area contributed by atoms with Crippen molar-refractivity contribution in [2.24, 2.45) is 0 Å². The largest absolute Gasteiger partial charge is 0.341 e. The third-order valence-electron chi connectivity index (χ3n) is 4.60. The second-order valence-electron chi connectivity index (χ2n) is 6.52. The highest BCUT2D eigenvalue weighted by Crippen LogP contribution is 2.22. The van der Waals surface area contributed by atoms with Crippen molar-refractivity contribution in [2.45, 2.75) is 24.3 Å². The first kappa shape index (κ1) is 18.9. The van der Waals surface area contributed by atoms with E-state index in [0.717, 1.165) is 39.1 Å². The van der Waals surface area contributed by atoms with E-state index in [9.17, 15) is 9.18 Å². The molecule has 0 unspecified atom stereocenters. The Hall–Kier alpha value is -1.85. The maximum atomic E-state index is 13.6. The van der Waals surface area contributed by atoms with Crippen molar-refractivity contribution in [1.82, 2.24) is 9.80 Å². The van der Waals surface area contributed by atoms with E-state index >= 15 is 0 Å². The lowest BCUT2D eigenvalue weighted by molar-refractivity contribution is -0.130. The van der Waals surface area contributed by atoms with Crippen LogP contribution in [0.3, 0.4) is 0 Å². The summed E-state index contributed by atoms with van der Waals surface area (Å²) >= 11 is 1.41. The van der Waals surface area contributed by atoms with Gasteiger partial charge in [0, 0.05) is 49.8 Å². The minimum Gasteiger partial charge on any atom is -0.341 e. The van der Waals surface area contributed by atoms with Crippen LogP contribution in [-0.4, -0.2) is 47.6 Å². The molecule has 0 bridgehead atoms. The summed E-state index contributed by atoms with van der Waals surface area (Å²) in [6, 6.07) is 17.2. The lowest BCUT2D eigenvalue weighted by Crippen LogP contribution is -2.35. The van der Waals surface area contributed by atoms with Gasteiger partial charge in [0.25, 0.3) is 0 Å². The molecule has 26 heavy (non-hydrogen) atoms. The van der Waals surface area contributed by atoms with Crippen LogP contribution in [-0.2, 0) is 11.3 Å². The van der Waals surface area contributed by atoms with Gasteiger partial charge in [0.1, 0.15) is 5.82 Å². The Morgan fingerprint density at radius 2 is 1.73 bits per heavy atom. The second kappa shape index (κ2) is 9.74. The van der Waals surface area contributed by atoms with Gasteiger partial charge in [-0.1, -0.05) is 42.5 Å². The van der Waals surface area contributed by atoms with E-state index in [1.807, 2.05) is 17.0 Å². The Kier molecular flexibility index (Phi) is 7.09. The van der Waals surface area contributed by atoms with Crippen molar-refractivity contribution in [3.8, 4) is 0 Å². The number of amides is 1. The first-order valence-electron chi connectivity index (χ1n) is 9.14. The predicted molar refractivity (Wildman–Crippen MR) is 105 cm³/mol. The molecule has 3 nitrogen and oxygen atoms in total. The summed E-state index contributed by atoms with van der Waals surface area (Å²) < 4.78 is 13.6.